The van der Waals surface area contributed by atoms with Crippen molar-refractivity contribution in [2.45, 2.75) is 47.0 Å². The lowest BCUT2D eigenvalue weighted by molar-refractivity contribution is 0.103. The fraction of sp³-hybridized carbons (Fsp3) is 0.348. The summed E-state index contributed by atoms with van der Waals surface area (Å²) in [7, 11) is 1.72. The van der Waals surface area contributed by atoms with Gasteiger partial charge in [-0.2, -0.15) is 0 Å². The van der Waals surface area contributed by atoms with Crippen molar-refractivity contribution in [1.29, 1.82) is 0 Å². The molecule has 0 saturated carbocycles. The number of ketones is 1. The molecule has 130 valence electrons. The number of benzene rings is 2. The highest BCUT2D eigenvalue weighted by molar-refractivity contribution is 6.19. The van der Waals surface area contributed by atoms with E-state index < -0.39 is 0 Å². The van der Waals surface area contributed by atoms with Crippen molar-refractivity contribution in [3.05, 3.63) is 57.7 Å². The second-order valence-corrected chi connectivity index (χ2v) is 8.08. The summed E-state index contributed by atoms with van der Waals surface area (Å²) in [5, 5.41) is 0. The van der Waals surface area contributed by atoms with Gasteiger partial charge in [0.05, 0.1) is 7.11 Å². The SMILES string of the molecule is COc1c(C(C)(C)C)cc2c(c1-c1cc(C)cc(C)c1)C=C(C)C2=O. The molecular formula is C23H26O2. The first kappa shape index (κ1) is 17.5. The van der Waals surface area contributed by atoms with Crippen LogP contribution in [0.15, 0.2) is 29.8 Å². The normalized spacial score (nSPS) is 13.7. The Labute approximate surface area is 150 Å². The molecule has 0 amide bonds. The first-order valence-electron chi connectivity index (χ1n) is 8.70. The second-order valence-electron chi connectivity index (χ2n) is 8.08. The molecule has 0 fully saturated rings. The summed E-state index contributed by atoms with van der Waals surface area (Å²) in [5.41, 5.74) is 8.05. The highest BCUT2D eigenvalue weighted by Gasteiger charge is 2.31. The average molecular weight is 334 g/mol. The van der Waals surface area contributed by atoms with Crippen LogP contribution >= 0.6 is 0 Å². The number of fused-ring (bicyclic) bond motifs is 1. The van der Waals surface area contributed by atoms with Gasteiger partial charge in [-0.3, -0.25) is 4.79 Å². The minimum absolute atomic E-state index is 0.119. The third kappa shape index (κ3) is 2.90. The molecule has 0 aromatic heterocycles. The Morgan fingerprint density at radius 1 is 0.920 bits per heavy atom. The van der Waals surface area contributed by atoms with E-state index in [0.717, 1.165) is 39.1 Å². The van der Waals surface area contributed by atoms with Crippen LogP contribution in [0.4, 0.5) is 0 Å². The largest absolute Gasteiger partial charge is 0.496 e. The quantitative estimate of drug-likeness (QED) is 0.686. The number of methoxy groups -OCH3 is 1. The molecule has 0 unspecified atom stereocenters. The van der Waals surface area contributed by atoms with E-state index in [1.54, 1.807) is 7.11 Å². The lowest BCUT2D eigenvalue weighted by Crippen LogP contribution is -2.15. The van der Waals surface area contributed by atoms with Crippen LogP contribution in [0.25, 0.3) is 17.2 Å². The van der Waals surface area contributed by atoms with Crippen molar-refractivity contribution in [3.8, 4) is 16.9 Å². The number of rotatable bonds is 2. The van der Waals surface area contributed by atoms with Gasteiger partial charge in [-0.1, -0.05) is 50.1 Å². The molecule has 0 N–H and O–H groups in total. The van der Waals surface area contributed by atoms with E-state index >= 15 is 0 Å². The van der Waals surface area contributed by atoms with Crippen molar-refractivity contribution < 1.29 is 9.53 Å². The van der Waals surface area contributed by atoms with Gasteiger partial charge in [0, 0.05) is 16.7 Å². The van der Waals surface area contributed by atoms with E-state index in [4.69, 9.17) is 4.74 Å². The molecule has 1 aliphatic carbocycles. The highest BCUT2D eigenvalue weighted by atomic mass is 16.5. The van der Waals surface area contributed by atoms with Gasteiger partial charge in [0.15, 0.2) is 5.78 Å². The summed E-state index contributed by atoms with van der Waals surface area (Å²) in [5.74, 6) is 0.990. The average Bonchev–Trinajstić information content (AvgIpc) is 2.78. The van der Waals surface area contributed by atoms with Crippen LogP contribution in [-0.2, 0) is 5.41 Å². The monoisotopic (exact) mass is 334 g/mol. The molecule has 0 heterocycles. The molecule has 0 aliphatic heterocycles. The van der Waals surface area contributed by atoms with Crippen LogP contribution in [0.2, 0.25) is 0 Å². The predicted octanol–water partition coefficient (Wildman–Crippen LogP) is 5.88. The zero-order valence-electron chi connectivity index (χ0n) is 16.2. The number of carbonyl (C=O) groups excluding carboxylic acids is 1. The summed E-state index contributed by atoms with van der Waals surface area (Å²) in [6.07, 6.45) is 2.00. The molecule has 0 atom stereocenters. The summed E-state index contributed by atoms with van der Waals surface area (Å²) >= 11 is 0. The van der Waals surface area contributed by atoms with Gasteiger partial charge in [-0.15, -0.1) is 0 Å². The fourth-order valence-electron chi connectivity index (χ4n) is 3.69. The molecule has 0 radical (unpaired) electrons. The van der Waals surface area contributed by atoms with Gasteiger partial charge in [0.1, 0.15) is 5.75 Å². The molecule has 2 aromatic carbocycles. The molecule has 2 aromatic rings. The molecule has 0 spiro atoms. The summed E-state index contributed by atoms with van der Waals surface area (Å²) in [6, 6.07) is 8.53. The smallest absolute Gasteiger partial charge is 0.189 e. The molecule has 2 nitrogen and oxygen atoms in total. The predicted molar refractivity (Wildman–Crippen MR) is 105 cm³/mol. The number of carbonyl (C=O) groups is 1. The minimum Gasteiger partial charge on any atom is -0.496 e. The van der Waals surface area contributed by atoms with E-state index in [-0.39, 0.29) is 11.2 Å². The highest BCUT2D eigenvalue weighted by Crippen LogP contribution is 2.46. The standard InChI is InChI=1S/C23H26O2/c1-13-8-14(2)10-16(9-13)20-17-11-15(3)21(24)18(17)12-19(22(20)25-7)23(4,5)6/h8-12H,1-7H3. The maximum Gasteiger partial charge on any atom is 0.189 e. The Morgan fingerprint density at radius 3 is 2.04 bits per heavy atom. The van der Waals surface area contributed by atoms with Crippen LogP contribution in [0.1, 0.15) is 60.3 Å². The van der Waals surface area contributed by atoms with E-state index in [0.29, 0.717) is 0 Å². The number of hydrogen-bond donors (Lipinski definition) is 0. The van der Waals surface area contributed by atoms with Gasteiger partial charge >= 0.3 is 0 Å². The summed E-state index contributed by atoms with van der Waals surface area (Å²) in [4.78, 5) is 12.7. The topological polar surface area (TPSA) is 26.3 Å². The number of aryl methyl sites for hydroxylation is 2. The van der Waals surface area contributed by atoms with Gasteiger partial charge in [-0.25, -0.2) is 0 Å². The minimum atomic E-state index is -0.120. The van der Waals surface area contributed by atoms with Crippen LogP contribution in [0.5, 0.6) is 5.75 Å². The molecule has 0 saturated heterocycles. The van der Waals surface area contributed by atoms with Crippen molar-refractivity contribution in [3.63, 3.8) is 0 Å². The zero-order chi connectivity index (χ0) is 18.5. The molecule has 1 aliphatic rings. The molecule has 25 heavy (non-hydrogen) atoms. The number of ether oxygens (including phenoxy) is 1. The van der Waals surface area contributed by atoms with E-state index in [2.05, 4.69) is 52.8 Å². The maximum atomic E-state index is 12.7. The molecule has 0 bridgehead atoms. The second kappa shape index (κ2) is 5.87. The van der Waals surface area contributed by atoms with Gasteiger partial charge in [-0.05, 0) is 55.0 Å². The first-order valence-corrected chi connectivity index (χ1v) is 8.70. The Bertz CT molecular complexity index is 888. The van der Waals surface area contributed by atoms with Crippen LogP contribution < -0.4 is 4.74 Å². The van der Waals surface area contributed by atoms with Gasteiger partial charge in [0.2, 0.25) is 0 Å². The fourth-order valence-corrected chi connectivity index (χ4v) is 3.69. The zero-order valence-corrected chi connectivity index (χ0v) is 16.2. The molecule has 2 heteroatoms. The van der Waals surface area contributed by atoms with Crippen molar-refractivity contribution in [2.75, 3.05) is 7.11 Å². The third-order valence-corrected chi connectivity index (χ3v) is 4.81. The molecular weight excluding hydrogens is 308 g/mol. The summed E-state index contributed by atoms with van der Waals surface area (Å²) < 4.78 is 5.89. The first-order chi connectivity index (χ1) is 11.6. The Morgan fingerprint density at radius 2 is 1.52 bits per heavy atom. The van der Waals surface area contributed by atoms with Crippen molar-refractivity contribution in [1.82, 2.24) is 0 Å². The number of hydrogen-bond acceptors (Lipinski definition) is 2. The van der Waals surface area contributed by atoms with E-state index in [1.165, 1.54) is 11.1 Å². The molecule has 3 rings (SSSR count). The van der Waals surface area contributed by atoms with Crippen LogP contribution in [-0.4, -0.2) is 12.9 Å². The van der Waals surface area contributed by atoms with Crippen molar-refractivity contribution in [2.24, 2.45) is 0 Å². The number of Topliss-reactive ketones (excluding diaryl/α,β-unsaturated/α-hetero) is 1. The Kier molecular flexibility index (Phi) is 4.10. The lowest BCUT2D eigenvalue weighted by Gasteiger charge is -2.26. The van der Waals surface area contributed by atoms with E-state index in [1.807, 2.05) is 19.1 Å². The van der Waals surface area contributed by atoms with Crippen molar-refractivity contribution >= 4 is 11.9 Å². The van der Waals surface area contributed by atoms with Crippen LogP contribution in [0, 0.1) is 13.8 Å². The van der Waals surface area contributed by atoms with Crippen LogP contribution in [0.3, 0.4) is 0 Å². The third-order valence-electron chi connectivity index (χ3n) is 4.81. The Balaban J connectivity index is 2.46. The van der Waals surface area contributed by atoms with Gasteiger partial charge < -0.3 is 4.74 Å². The maximum absolute atomic E-state index is 12.7. The Hall–Kier alpha value is -2.35. The summed E-state index contributed by atoms with van der Waals surface area (Å²) in [6.45, 7) is 12.6. The van der Waals surface area contributed by atoms with E-state index in [9.17, 15) is 4.79 Å². The van der Waals surface area contributed by atoms with Gasteiger partial charge in [0.25, 0.3) is 0 Å². The number of allylic oxidation sites excluding steroid dienone is 1. The lowest BCUT2D eigenvalue weighted by atomic mass is 9.81.